The average Bonchev–Trinajstić information content (AvgIpc) is 2.77. The summed E-state index contributed by atoms with van der Waals surface area (Å²) >= 11 is 7.13. The van der Waals surface area contributed by atoms with Crippen molar-refractivity contribution in [2.24, 2.45) is 12.0 Å². The quantitative estimate of drug-likeness (QED) is 0.672. The molecule has 3 aromatic rings. The number of rotatable bonds is 1. The first-order chi connectivity index (χ1) is 10.1. The van der Waals surface area contributed by atoms with Gasteiger partial charge in [-0.1, -0.05) is 35.1 Å². The lowest BCUT2D eigenvalue weighted by Gasteiger charge is -1.97. The van der Waals surface area contributed by atoms with Crippen LogP contribution in [0.2, 0.25) is 5.02 Å². The smallest absolute Gasteiger partial charge is 0.279 e. The molecule has 0 bridgehead atoms. The molecule has 106 valence electrons. The van der Waals surface area contributed by atoms with Crippen molar-refractivity contribution in [2.45, 2.75) is 0 Å². The molecule has 1 amide bonds. The van der Waals surface area contributed by atoms with E-state index in [0.29, 0.717) is 20.9 Å². The lowest BCUT2D eigenvalue weighted by molar-refractivity contribution is 0.0998. The Morgan fingerprint density at radius 1 is 1.29 bits per heavy atom. The predicted octanol–water partition coefficient (Wildman–Crippen LogP) is 3.77. The molecule has 0 aliphatic carbocycles. The summed E-state index contributed by atoms with van der Waals surface area (Å²) in [4.78, 5) is 16.7. The molecule has 1 aromatic heterocycles. The third-order valence-electron chi connectivity index (χ3n) is 3.04. The van der Waals surface area contributed by atoms with Gasteiger partial charge in [0.1, 0.15) is 5.82 Å². The second-order valence-electron chi connectivity index (χ2n) is 4.46. The van der Waals surface area contributed by atoms with E-state index in [1.807, 2.05) is 0 Å². The number of benzene rings is 2. The van der Waals surface area contributed by atoms with Crippen molar-refractivity contribution >= 4 is 39.1 Å². The monoisotopic (exact) mass is 320 g/mol. The number of thiazole rings is 1. The van der Waals surface area contributed by atoms with Crippen molar-refractivity contribution in [1.29, 1.82) is 0 Å². The average molecular weight is 321 g/mol. The zero-order valence-electron chi connectivity index (χ0n) is 11.0. The van der Waals surface area contributed by atoms with Crippen LogP contribution in [0.5, 0.6) is 0 Å². The summed E-state index contributed by atoms with van der Waals surface area (Å²) in [6, 6.07) is 11.4. The molecule has 2 aromatic carbocycles. The summed E-state index contributed by atoms with van der Waals surface area (Å²) in [6.45, 7) is 0. The molecule has 21 heavy (non-hydrogen) atoms. The Labute approximate surface area is 128 Å². The molecule has 0 unspecified atom stereocenters. The highest BCUT2D eigenvalue weighted by Gasteiger charge is 2.10. The van der Waals surface area contributed by atoms with E-state index >= 15 is 0 Å². The molecule has 0 saturated carbocycles. The molecule has 3 nitrogen and oxygen atoms in total. The van der Waals surface area contributed by atoms with Gasteiger partial charge in [-0.15, -0.1) is 0 Å². The van der Waals surface area contributed by atoms with Crippen LogP contribution in [0.1, 0.15) is 10.4 Å². The van der Waals surface area contributed by atoms with Gasteiger partial charge in [0.25, 0.3) is 5.91 Å². The number of aryl methyl sites for hydroxylation is 1. The van der Waals surface area contributed by atoms with Crippen LogP contribution in [-0.2, 0) is 7.05 Å². The summed E-state index contributed by atoms with van der Waals surface area (Å²) in [5.41, 5.74) is 0.848. The van der Waals surface area contributed by atoms with E-state index in [4.69, 9.17) is 11.6 Å². The maximum absolute atomic E-state index is 13.8. The largest absolute Gasteiger partial charge is 0.317 e. The molecule has 0 saturated heterocycles. The van der Waals surface area contributed by atoms with E-state index < -0.39 is 5.91 Å². The van der Waals surface area contributed by atoms with Gasteiger partial charge in [-0.3, -0.25) is 4.79 Å². The second-order valence-corrected chi connectivity index (χ2v) is 5.90. The second kappa shape index (κ2) is 5.42. The first kappa shape index (κ1) is 14.0. The van der Waals surface area contributed by atoms with Crippen molar-refractivity contribution in [2.75, 3.05) is 0 Å². The van der Waals surface area contributed by atoms with E-state index in [9.17, 15) is 9.18 Å². The highest BCUT2D eigenvalue weighted by Crippen LogP contribution is 2.19. The lowest BCUT2D eigenvalue weighted by Crippen LogP contribution is -2.13. The number of para-hydroxylation sites is 1. The van der Waals surface area contributed by atoms with Crippen molar-refractivity contribution in [3.63, 3.8) is 0 Å². The van der Waals surface area contributed by atoms with Gasteiger partial charge in [-0.2, -0.15) is 4.99 Å². The third-order valence-corrected chi connectivity index (χ3v) is 4.37. The van der Waals surface area contributed by atoms with Crippen molar-refractivity contribution in [3.8, 4) is 0 Å². The highest BCUT2D eigenvalue weighted by molar-refractivity contribution is 7.16. The molecule has 0 atom stereocenters. The van der Waals surface area contributed by atoms with Gasteiger partial charge in [0, 0.05) is 17.6 Å². The fourth-order valence-corrected chi connectivity index (χ4v) is 3.26. The summed E-state index contributed by atoms with van der Waals surface area (Å²) < 4.78 is 16.1. The fraction of sp³-hybridized carbons (Fsp3) is 0.0667. The predicted molar refractivity (Wildman–Crippen MR) is 82.1 cm³/mol. The molecule has 0 radical (unpaired) electrons. The number of amides is 1. The van der Waals surface area contributed by atoms with Gasteiger partial charge in [0.15, 0.2) is 4.80 Å². The summed E-state index contributed by atoms with van der Waals surface area (Å²) in [7, 11) is 1.69. The maximum Gasteiger partial charge on any atom is 0.279 e. The first-order valence-corrected chi connectivity index (χ1v) is 7.34. The zero-order valence-corrected chi connectivity index (χ0v) is 12.6. The Hall–Kier alpha value is -1.98. The molecular formula is C15H10ClFN2OS. The lowest BCUT2D eigenvalue weighted by atomic mass is 10.2. The van der Waals surface area contributed by atoms with E-state index in [-0.39, 0.29) is 5.82 Å². The normalized spacial score (nSPS) is 12.0. The van der Waals surface area contributed by atoms with E-state index in [2.05, 4.69) is 4.99 Å². The Kier molecular flexibility index (Phi) is 3.61. The van der Waals surface area contributed by atoms with Gasteiger partial charge in [0.05, 0.1) is 10.2 Å². The number of hydrogen-bond donors (Lipinski definition) is 0. The van der Waals surface area contributed by atoms with Crippen molar-refractivity contribution in [3.05, 3.63) is 63.7 Å². The van der Waals surface area contributed by atoms with Crippen LogP contribution in [0, 0.1) is 5.82 Å². The van der Waals surface area contributed by atoms with Crippen LogP contribution in [0.15, 0.2) is 47.5 Å². The number of nitrogens with zero attached hydrogens (tertiary/aromatic N) is 2. The van der Waals surface area contributed by atoms with Gasteiger partial charge in [-0.25, -0.2) is 4.39 Å². The fourth-order valence-electron chi connectivity index (χ4n) is 2.04. The van der Waals surface area contributed by atoms with Crippen LogP contribution < -0.4 is 4.80 Å². The Balaban J connectivity index is 2.14. The molecule has 1 heterocycles. The zero-order chi connectivity index (χ0) is 15.0. The molecule has 0 aliphatic heterocycles. The first-order valence-electron chi connectivity index (χ1n) is 6.15. The third kappa shape index (κ3) is 2.62. The van der Waals surface area contributed by atoms with Crippen LogP contribution in [-0.4, -0.2) is 10.5 Å². The van der Waals surface area contributed by atoms with Crippen LogP contribution >= 0.6 is 22.9 Å². The molecular weight excluding hydrogens is 311 g/mol. The van der Waals surface area contributed by atoms with Gasteiger partial charge in [0.2, 0.25) is 0 Å². The number of aromatic nitrogens is 1. The van der Waals surface area contributed by atoms with Crippen molar-refractivity contribution < 1.29 is 9.18 Å². The minimum Gasteiger partial charge on any atom is -0.317 e. The van der Waals surface area contributed by atoms with E-state index in [1.54, 1.807) is 48.0 Å². The number of carbonyl (C=O) groups excluding carboxylic acids is 1. The van der Waals surface area contributed by atoms with Gasteiger partial charge in [-0.05, 0) is 30.3 Å². The molecule has 0 spiro atoms. The minimum absolute atomic E-state index is 0.331. The topological polar surface area (TPSA) is 34.4 Å². The Morgan fingerprint density at radius 3 is 2.76 bits per heavy atom. The van der Waals surface area contributed by atoms with Crippen LogP contribution in [0.25, 0.3) is 10.2 Å². The minimum atomic E-state index is -0.403. The Morgan fingerprint density at radius 2 is 2.05 bits per heavy atom. The van der Waals surface area contributed by atoms with Crippen molar-refractivity contribution in [1.82, 2.24) is 4.57 Å². The van der Waals surface area contributed by atoms with E-state index in [0.717, 1.165) is 4.70 Å². The summed E-state index contributed by atoms with van der Waals surface area (Å²) in [5.74, 6) is -0.733. The van der Waals surface area contributed by atoms with Crippen LogP contribution in [0.3, 0.4) is 0 Å². The number of carbonyl (C=O) groups is 1. The highest BCUT2D eigenvalue weighted by atomic mass is 35.5. The van der Waals surface area contributed by atoms with E-state index in [1.165, 1.54) is 17.4 Å². The number of hydrogen-bond acceptors (Lipinski definition) is 2. The standard InChI is InChI=1S/C15H10ClFN2OS/c1-19-13-11(17)6-3-7-12(13)21-15(19)18-14(20)9-4-2-5-10(16)8-9/h2-8H,1H3. The molecule has 0 N–H and O–H groups in total. The summed E-state index contributed by atoms with van der Waals surface area (Å²) in [6.07, 6.45) is 0. The van der Waals surface area contributed by atoms with Crippen LogP contribution in [0.4, 0.5) is 4.39 Å². The number of fused-ring (bicyclic) bond motifs is 1. The van der Waals surface area contributed by atoms with Gasteiger partial charge >= 0.3 is 0 Å². The molecule has 3 rings (SSSR count). The molecule has 6 heteroatoms. The van der Waals surface area contributed by atoms with Gasteiger partial charge < -0.3 is 4.57 Å². The maximum atomic E-state index is 13.8. The SMILES string of the molecule is Cn1c(=NC(=O)c2cccc(Cl)c2)sc2cccc(F)c21. The summed E-state index contributed by atoms with van der Waals surface area (Å²) in [5, 5.41) is 0.475. The molecule has 0 fully saturated rings. The molecule has 0 aliphatic rings. The number of halogens is 2. The Bertz CT molecular complexity index is 913.